The number of hydrogen-bond donors (Lipinski definition) is 1. The van der Waals surface area contributed by atoms with E-state index in [-0.39, 0.29) is 33.3 Å². The van der Waals surface area contributed by atoms with Gasteiger partial charge in [0, 0.05) is 25.2 Å². The Labute approximate surface area is 146 Å². The summed E-state index contributed by atoms with van der Waals surface area (Å²) in [7, 11) is 0.770. The van der Waals surface area contributed by atoms with Gasteiger partial charge in [0.15, 0.2) is 9.96 Å². The minimum absolute atomic E-state index is 0. The van der Waals surface area contributed by atoms with Crippen molar-refractivity contribution in [3.05, 3.63) is 10.9 Å². The predicted octanol–water partition coefficient (Wildman–Crippen LogP) is 1.34. The van der Waals surface area contributed by atoms with Gasteiger partial charge in [-0.15, -0.1) is 23.7 Å². The fourth-order valence-corrected chi connectivity index (χ4v) is 5.55. The second kappa shape index (κ2) is 8.29. The highest BCUT2D eigenvalue weighted by atomic mass is 35.5. The van der Waals surface area contributed by atoms with Crippen LogP contribution in [-0.4, -0.2) is 59.1 Å². The number of halogens is 1. The maximum absolute atomic E-state index is 12.8. The Hall–Kier alpha value is -0.870. The Bertz CT molecular complexity index is 647. The zero-order valence-electron chi connectivity index (χ0n) is 13.2. The van der Waals surface area contributed by atoms with Gasteiger partial charge < -0.3 is 14.8 Å². The quantitative estimate of drug-likeness (QED) is 0.771. The van der Waals surface area contributed by atoms with E-state index in [4.69, 9.17) is 4.74 Å². The summed E-state index contributed by atoms with van der Waals surface area (Å²) in [6.07, 6.45) is 1.74. The number of nitrogens with zero attached hydrogens (tertiary/aromatic N) is 1. The van der Waals surface area contributed by atoms with Crippen molar-refractivity contribution in [2.75, 3.05) is 34.4 Å². The normalized spacial score (nSPS) is 19.0. The molecule has 1 aromatic heterocycles. The largest absolute Gasteiger partial charge is 0.494 e. The van der Waals surface area contributed by atoms with Crippen LogP contribution < -0.4 is 10.1 Å². The molecule has 0 aromatic carbocycles. The van der Waals surface area contributed by atoms with Gasteiger partial charge in [0.25, 0.3) is 10.0 Å². The molecule has 0 aliphatic carbocycles. The highest BCUT2D eigenvalue weighted by Crippen LogP contribution is 2.36. The molecular weight excluding hydrogens is 364 g/mol. The second-order valence-corrected chi connectivity index (χ2v) is 8.13. The number of methoxy groups -OCH3 is 2. The fraction of sp³-hybridized carbons (Fsp3) is 0.615. The Morgan fingerprint density at radius 3 is 2.70 bits per heavy atom. The summed E-state index contributed by atoms with van der Waals surface area (Å²) < 4.78 is 36.9. The Morgan fingerprint density at radius 2 is 2.13 bits per heavy atom. The first-order valence-corrected chi connectivity index (χ1v) is 9.13. The number of likely N-dealkylation sites (N-methyl/N-ethyl adjacent to an activating group) is 1. The zero-order chi connectivity index (χ0) is 16.3. The molecular formula is C13H21ClN2O5S2. The van der Waals surface area contributed by atoms with Crippen LogP contribution in [0.1, 0.15) is 22.5 Å². The molecule has 1 aliphatic rings. The Kier molecular flexibility index (Phi) is 7.28. The van der Waals surface area contributed by atoms with E-state index < -0.39 is 16.0 Å². The molecule has 0 saturated carbocycles. The number of piperidine rings is 1. The van der Waals surface area contributed by atoms with Gasteiger partial charge in [-0.05, 0) is 19.9 Å². The minimum Gasteiger partial charge on any atom is -0.494 e. The van der Waals surface area contributed by atoms with E-state index in [1.807, 2.05) is 7.05 Å². The van der Waals surface area contributed by atoms with Crippen molar-refractivity contribution in [3.8, 4) is 5.75 Å². The van der Waals surface area contributed by atoms with E-state index in [9.17, 15) is 13.2 Å². The summed E-state index contributed by atoms with van der Waals surface area (Å²) in [6, 6.07) is 1.54. The molecule has 1 aromatic rings. The number of ether oxygens (including phenoxy) is 2. The summed E-state index contributed by atoms with van der Waals surface area (Å²) >= 11 is 0.877. The van der Waals surface area contributed by atoms with Gasteiger partial charge in [0.1, 0.15) is 4.88 Å². The van der Waals surface area contributed by atoms with E-state index in [0.717, 1.165) is 24.2 Å². The molecule has 2 heterocycles. The summed E-state index contributed by atoms with van der Waals surface area (Å²) in [6.45, 7) is 0.878. The van der Waals surface area contributed by atoms with Gasteiger partial charge in [0.2, 0.25) is 0 Å². The summed E-state index contributed by atoms with van der Waals surface area (Å²) in [4.78, 5) is 11.8. The van der Waals surface area contributed by atoms with E-state index in [0.29, 0.717) is 13.1 Å². The Morgan fingerprint density at radius 1 is 1.43 bits per heavy atom. The van der Waals surface area contributed by atoms with Gasteiger partial charge in [-0.1, -0.05) is 0 Å². The lowest BCUT2D eigenvalue weighted by molar-refractivity contribution is 0.0606. The van der Waals surface area contributed by atoms with Gasteiger partial charge in [-0.2, -0.15) is 4.31 Å². The van der Waals surface area contributed by atoms with Gasteiger partial charge in [0.05, 0.1) is 14.2 Å². The maximum Gasteiger partial charge on any atom is 0.348 e. The van der Waals surface area contributed by atoms with Crippen LogP contribution in [-0.2, 0) is 14.8 Å². The molecule has 0 radical (unpaired) electrons. The average molecular weight is 385 g/mol. The second-order valence-electron chi connectivity index (χ2n) is 4.95. The molecule has 10 heteroatoms. The number of nitrogens with one attached hydrogen (secondary N) is 1. The molecule has 7 nitrogen and oxygen atoms in total. The van der Waals surface area contributed by atoms with Crippen molar-refractivity contribution < 1.29 is 22.7 Å². The highest BCUT2D eigenvalue weighted by Gasteiger charge is 2.34. The topological polar surface area (TPSA) is 84.9 Å². The third-order valence-electron chi connectivity index (χ3n) is 3.64. The number of esters is 1. The zero-order valence-corrected chi connectivity index (χ0v) is 15.6. The number of carbonyl (C=O) groups is 1. The first-order valence-electron chi connectivity index (χ1n) is 6.87. The van der Waals surface area contributed by atoms with Crippen LogP contribution >= 0.6 is 23.7 Å². The molecule has 0 amide bonds. The lowest BCUT2D eigenvalue weighted by atomic mass is 10.1. The van der Waals surface area contributed by atoms with Crippen LogP contribution in [0.25, 0.3) is 0 Å². The van der Waals surface area contributed by atoms with Crippen LogP contribution in [0.2, 0.25) is 0 Å². The van der Waals surface area contributed by atoms with Crippen LogP contribution in [0.4, 0.5) is 0 Å². The van der Waals surface area contributed by atoms with Crippen molar-refractivity contribution in [1.29, 1.82) is 0 Å². The first kappa shape index (κ1) is 20.2. The third kappa shape index (κ3) is 4.16. The van der Waals surface area contributed by atoms with Crippen molar-refractivity contribution in [3.63, 3.8) is 0 Å². The van der Waals surface area contributed by atoms with Gasteiger partial charge in [-0.25, -0.2) is 13.2 Å². The molecule has 0 bridgehead atoms. The molecule has 2 rings (SSSR count). The number of carbonyl (C=O) groups excluding carboxylic acids is 1. The number of sulfonamides is 1. The third-order valence-corrected chi connectivity index (χ3v) is 7.09. The highest BCUT2D eigenvalue weighted by molar-refractivity contribution is 7.91. The van der Waals surface area contributed by atoms with Crippen LogP contribution in [0.15, 0.2) is 10.3 Å². The molecule has 132 valence electrons. The van der Waals surface area contributed by atoms with Crippen molar-refractivity contribution in [2.24, 2.45) is 0 Å². The fourth-order valence-electron chi connectivity index (χ4n) is 2.39. The van der Waals surface area contributed by atoms with E-state index >= 15 is 0 Å². The molecule has 1 saturated heterocycles. The number of hydrogen-bond acceptors (Lipinski definition) is 7. The predicted molar refractivity (Wildman–Crippen MR) is 90.3 cm³/mol. The van der Waals surface area contributed by atoms with Crippen LogP contribution in [0.3, 0.4) is 0 Å². The SMILES string of the molecule is CNC1CCCN(S(=O)(=O)c2sc(C(=O)OC)cc2OC)C1.Cl. The van der Waals surface area contributed by atoms with E-state index in [2.05, 4.69) is 10.1 Å². The molecule has 1 aliphatic heterocycles. The summed E-state index contributed by atoms with van der Waals surface area (Å²) in [5.41, 5.74) is 0. The maximum atomic E-state index is 12.8. The van der Waals surface area contributed by atoms with Crippen LogP contribution in [0.5, 0.6) is 5.75 Å². The van der Waals surface area contributed by atoms with Crippen molar-refractivity contribution in [1.82, 2.24) is 9.62 Å². The summed E-state index contributed by atoms with van der Waals surface area (Å²) in [5, 5.41) is 3.11. The Balaban J connectivity index is 0.00000264. The van der Waals surface area contributed by atoms with E-state index in [1.165, 1.54) is 24.6 Å². The first-order chi connectivity index (χ1) is 10.4. The van der Waals surface area contributed by atoms with Crippen molar-refractivity contribution >= 4 is 39.7 Å². The van der Waals surface area contributed by atoms with E-state index in [1.54, 1.807) is 0 Å². The number of rotatable bonds is 5. The van der Waals surface area contributed by atoms with Crippen LogP contribution in [0, 0.1) is 0 Å². The standard InChI is InChI=1S/C13H20N2O5S2.ClH/c1-14-9-5-4-6-15(8-9)22(17,18)13-10(19-2)7-11(21-13)12(16)20-3;/h7,9,14H,4-6,8H2,1-3H3;1H. The van der Waals surface area contributed by atoms with Gasteiger partial charge in [-0.3, -0.25) is 0 Å². The molecule has 1 N–H and O–H groups in total. The minimum atomic E-state index is -3.69. The number of thiophene rings is 1. The lowest BCUT2D eigenvalue weighted by Gasteiger charge is -2.31. The monoisotopic (exact) mass is 384 g/mol. The molecule has 1 fully saturated rings. The molecule has 1 atom stereocenters. The molecule has 0 spiro atoms. The van der Waals surface area contributed by atoms with Crippen molar-refractivity contribution in [2.45, 2.75) is 23.1 Å². The smallest absolute Gasteiger partial charge is 0.348 e. The lowest BCUT2D eigenvalue weighted by Crippen LogP contribution is -2.46. The average Bonchev–Trinajstić information content (AvgIpc) is 2.99. The molecule has 23 heavy (non-hydrogen) atoms. The summed E-state index contributed by atoms with van der Waals surface area (Å²) in [5.74, 6) is -0.395. The molecule has 1 unspecified atom stereocenters. The van der Waals surface area contributed by atoms with Gasteiger partial charge >= 0.3 is 5.97 Å².